The summed E-state index contributed by atoms with van der Waals surface area (Å²) in [6.07, 6.45) is 3.22. The van der Waals surface area contributed by atoms with Crippen LogP contribution in [0.1, 0.15) is 11.1 Å². The van der Waals surface area contributed by atoms with Crippen LogP contribution in [-0.4, -0.2) is 18.0 Å². The van der Waals surface area contributed by atoms with Crippen LogP contribution in [0, 0.1) is 10.1 Å². The van der Waals surface area contributed by atoms with Crippen molar-refractivity contribution in [3.8, 4) is 5.75 Å². The number of non-ortho nitro benzene ring substituents is 1. The third-order valence-electron chi connectivity index (χ3n) is 4.46. The molecule has 0 saturated carbocycles. The summed E-state index contributed by atoms with van der Waals surface area (Å²) in [7, 11) is 1.62. The van der Waals surface area contributed by atoms with Gasteiger partial charge in [0.2, 0.25) is 0 Å². The molecule has 3 aromatic rings. The lowest BCUT2D eigenvalue weighted by Crippen LogP contribution is -1.97. The summed E-state index contributed by atoms with van der Waals surface area (Å²) in [5, 5.41) is 12.9. The van der Waals surface area contributed by atoms with Crippen LogP contribution in [-0.2, 0) is 9.53 Å². The Morgan fingerprint density at radius 1 is 1.04 bits per heavy atom. The molecule has 6 heteroatoms. The van der Waals surface area contributed by atoms with Crippen molar-refractivity contribution < 1.29 is 19.2 Å². The smallest absolute Gasteiger partial charge is 0.343 e. The SMILES string of the molecule is COc1ccc2cc(C3=C/C(=C/c4cccc([N+](=O)[O-])c4)C(=O)O3)ccc2c1. The van der Waals surface area contributed by atoms with E-state index in [9.17, 15) is 14.9 Å². The number of nitro benzene ring substituents is 1. The molecule has 0 bridgehead atoms. The number of carbonyl (C=O) groups excluding carboxylic acids is 1. The first-order chi connectivity index (χ1) is 13.5. The van der Waals surface area contributed by atoms with Crippen LogP contribution < -0.4 is 4.74 Å². The molecule has 0 saturated heterocycles. The number of hydrogen-bond acceptors (Lipinski definition) is 5. The molecule has 138 valence electrons. The number of rotatable bonds is 4. The average Bonchev–Trinajstić information content (AvgIpc) is 3.07. The van der Waals surface area contributed by atoms with E-state index in [1.54, 1.807) is 31.4 Å². The molecule has 28 heavy (non-hydrogen) atoms. The first-order valence-corrected chi connectivity index (χ1v) is 8.52. The van der Waals surface area contributed by atoms with Gasteiger partial charge in [0.25, 0.3) is 5.69 Å². The van der Waals surface area contributed by atoms with Gasteiger partial charge >= 0.3 is 5.97 Å². The highest BCUT2D eigenvalue weighted by Crippen LogP contribution is 2.30. The Labute approximate surface area is 160 Å². The number of fused-ring (bicyclic) bond motifs is 1. The summed E-state index contributed by atoms with van der Waals surface area (Å²) in [5.74, 6) is 0.727. The van der Waals surface area contributed by atoms with Gasteiger partial charge in [-0.2, -0.15) is 0 Å². The van der Waals surface area contributed by atoms with Gasteiger partial charge in [-0.25, -0.2) is 4.79 Å². The van der Waals surface area contributed by atoms with Gasteiger partial charge in [0.15, 0.2) is 0 Å². The Morgan fingerprint density at radius 2 is 1.82 bits per heavy atom. The lowest BCUT2D eigenvalue weighted by molar-refractivity contribution is -0.384. The predicted molar refractivity (Wildman–Crippen MR) is 106 cm³/mol. The van der Waals surface area contributed by atoms with Crippen molar-refractivity contribution in [2.24, 2.45) is 0 Å². The second-order valence-corrected chi connectivity index (χ2v) is 6.28. The number of nitro groups is 1. The van der Waals surface area contributed by atoms with E-state index >= 15 is 0 Å². The third kappa shape index (κ3) is 3.35. The zero-order chi connectivity index (χ0) is 19.7. The van der Waals surface area contributed by atoms with Crippen LogP contribution in [0.15, 0.2) is 72.3 Å². The van der Waals surface area contributed by atoms with E-state index in [-0.39, 0.29) is 5.69 Å². The van der Waals surface area contributed by atoms with Crippen molar-refractivity contribution in [3.05, 3.63) is 93.6 Å². The molecular formula is C22H15NO5. The standard InChI is InChI=1S/C22H15NO5/c1-27-20-8-7-15-11-17(6-5-16(15)12-20)21-13-18(22(24)28-21)9-14-3-2-4-19(10-14)23(25)26/h2-13H,1H3/b18-9-. The van der Waals surface area contributed by atoms with Crippen LogP contribution in [0.3, 0.4) is 0 Å². The van der Waals surface area contributed by atoms with Crippen molar-refractivity contribution in [3.63, 3.8) is 0 Å². The van der Waals surface area contributed by atoms with Crippen molar-refractivity contribution in [2.75, 3.05) is 7.11 Å². The molecule has 0 radical (unpaired) electrons. The Hall–Kier alpha value is -3.93. The molecule has 0 fully saturated rings. The molecule has 0 amide bonds. The van der Waals surface area contributed by atoms with Crippen LogP contribution >= 0.6 is 0 Å². The average molecular weight is 373 g/mol. The fourth-order valence-corrected chi connectivity index (χ4v) is 3.04. The number of nitrogens with zero attached hydrogens (tertiary/aromatic N) is 1. The Kier molecular flexibility index (Phi) is 4.37. The first-order valence-electron chi connectivity index (χ1n) is 8.52. The zero-order valence-electron chi connectivity index (χ0n) is 14.9. The quantitative estimate of drug-likeness (QED) is 0.286. The minimum atomic E-state index is -0.490. The maximum absolute atomic E-state index is 12.2. The maximum atomic E-state index is 12.2. The fraction of sp³-hybridized carbons (Fsp3) is 0.0455. The molecular weight excluding hydrogens is 358 g/mol. The molecule has 0 atom stereocenters. The monoisotopic (exact) mass is 373 g/mol. The Bertz CT molecular complexity index is 1180. The molecule has 0 unspecified atom stereocenters. The van der Waals surface area contributed by atoms with E-state index in [2.05, 4.69) is 0 Å². The molecule has 4 rings (SSSR count). The highest BCUT2D eigenvalue weighted by Gasteiger charge is 2.22. The van der Waals surface area contributed by atoms with Gasteiger partial charge in [0.1, 0.15) is 11.5 Å². The highest BCUT2D eigenvalue weighted by molar-refractivity contribution is 6.05. The van der Waals surface area contributed by atoms with E-state index in [1.807, 2.05) is 36.4 Å². The summed E-state index contributed by atoms with van der Waals surface area (Å²) in [4.78, 5) is 22.7. The van der Waals surface area contributed by atoms with Gasteiger partial charge in [-0.05, 0) is 46.7 Å². The van der Waals surface area contributed by atoms with Crippen molar-refractivity contribution in [1.29, 1.82) is 0 Å². The highest BCUT2D eigenvalue weighted by atomic mass is 16.6. The molecule has 0 aromatic heterocycles. The van der Waals surface area contributed by atoms with Gasteiger partial charge in [-0.15, -0.1) is 0 Å². The van der Waals surface area contributed by atoms with Crippen LogP contribution in [0.25, 0.3) is 22.6 Å². The molecule has 6 nitrogen and oxygen atoms in total. The van der Waals surface area contributed by atoms with Crippen LogP contribution in [0.2, 0.25) is 0 Å². The van der Waals surface area contributed by atoms with E-state index < -0.39 is 10.9 Å². The van der Waals surface area contributed by atoms with Crippen molar-refractivity contribution >= 4 is 34.3 Å². The number of cyclic esters (lactones) is 1. The third-order valence-corrected chi connectivity index (χ3v) is 4.46. The van der Waals surface area contributed by atoms with Gasteiger partial charge in [0.05, 0.1) is 17.6 Å². The number of methoxy groups -OCH3 is 1. The van der Waals surface area contributed by atoms with Crippen LogP contribution in [0.4, 0.5) is 5.69 Å². The molecule has 1 aliphatic rings. The maximum Gasteiger partial charge on any atom is 0.343 e. The molecule has 0 N–H and O–H groups in total. The number of esters is 1. The second-order valence-electron chi connectivity index (χ2n) is 6.28. The summed E-state index contributed by atoms with van der Waals surface area (Å²) < 4.78 is 10.6. The predicted octanol–water partition coefficient (Wildman–Crippen LogP) is 4.74. The summed E-state index contributed by atoms with van der Waals surface area (Å²) in [5.41, 5.74) is 1.64. The topological polar surface area (TPSA) is 78.7 Å². The largest absolute Gasteiger partial charge is 0.497 e. The van der Waals surface area contributed by atoms with Gasteiger partial charge < -0.3 is 9.47 Å². The molecule has 1 heterocycles. The van der Waals surface area contributed by atoms with E-state index in [4.69, 9.17) is 9.47 Å². The minimum absolute atomic E-state index is 0.0325. The van der Waals surface area contributed by atoms with Crippen molar-refractivity contribution in [1.82, 2.24) is 0 Å². The molecule has 0 aliphatic carbocycles. The van der Waals surface area contributed by atoms with E-state index in [1.165, 1.54) is 12.1 Å². The molecule has 0 spiro atoms. The zero-order valence-corrected chi connectivity index (χ0v) is 14.9. The summed E-state index contributed by atoms with van der Waals surface area (Å²) in [6.45, 7) is 0. The molecule has 3 aromatic carbocycles. The van der Waals surface area contributed by atoms with Crippen LogP contribution in [0.5, 0.6) is 5.75 Å². The number of carbonyl (C=O) groups is 1. The summed E-state index contributed by atoms with van der Waals surface area (Å²) >= 11 is 0. The van der Waals surface area contributed by atoms with Gasteiger partial charge in [0, 0.05) is 17.7 Å². The lowest BCUT2D eigenvalue weighted by Gasteiger charge is -2.06. The van der Waals surface area contributed by atoms with Gasteiger partial charge in [-0.1, -0.05) is 30.3 Å². The molecule has 1 aliphatic heterocycles. The number of hydrogen-bond donors (Lipinski definition) is 0. The van der Waals surface area contributed by atoms with E-state index in [0.29, 0.717) is 16.9 Å². The minimum Gasteiger partial charge on any atom is -0.497 e. The van der Waals surface area contributed by atoms with Crippen molar-refractivity contribution in [2.45, 2.75) is 0 Å². The first kappa shape index (κ1) is 17.5. The summed E-state index contributed by atoms with van der Waals surface area (Å²) in [6, 6.07) is 17.6. The lowest BCUT2D eigenvalue weighted by atomic mass is 10.0. The fourth-order valence-electron chi connectivity index (χ4n) is 3.04. The Morgan fingerprint density at radius 3 is 2.61 bits per heavy atom. The number of benzene rings is 3. The number of ether oxygens (including phenoxy) is 2. The normalized spacial score (nSPS) is 14.8. The second kappa shape index (κ2) is 7.00. The Balaban J connectivity index is 1.68. The van der Waals surface area contributed by atoms with E-state index in [0.717, 1.165) is 22.1 Å². The van der Waals surface area contributed by atoms with Gasteiger partial charge in [-0.3, -0.25) is 10.1 Å².